The Kier molecular flexibility index (Phi) is 5.33. The van der Waals surface area contributed by atoms with Crippen LogP contribution in [0.5, 0.6) is 5.75 Å². The van der Waals surface area contributed by atoms with Gasteiger partial charge in [-0.05, 0) is 61.6 Å². The van der Waals surface area contributed by atoms with E-state index in [1.807, 2.05) is 21.9 Å². The molecule has 2 aromatic rings. The van der Waals surface area contributed by atoms with E-state index in [-0.39, 0.29) is 17.7 Å². The number of fused-ring (bicyclic) bond motifs is 1. The molecule has 28 heavy (non-hydrogen) atoms. The molecule has 2 amide bonds. The van der Waals surface area contributed by atoms with Crippen molar-refractivity contribution in [2.24, 2.45) is 5.92 Å². The fourth-order valence-corrected chi connectivity index (χ4v) is 4.23. The Bertz CT molecular complexity index is 854. The van der Waals surface area contributed by atoms with Gasteiger partial charge in [0.15, 0.2) is 0 Å². The Hall–Kier alpha value is -2.82. The zero-order valence-electron chi connectivity index (χ0n) is 16.3. The van der Waals surface area contributed by atoms with Crippen LogP contribution < -0.4 is 9.64 Å². The minimum atomic E-state index is -0.00827. The summed E-state index contributed by atoms with van der Waals surface area (Å²) in [5, 5.41) is 0. The highest BCUT2D eigenvalue weighted by molar-refractivity contribution is 5.97. The summed E-state index contributed by atoms with van der Waals surface area (Å²) >= 11 is 0. The van der Waals surface area contributed by atoms with Crippen LogP contribution in [0.2, 0.25) is 0 Å². The maximum Gasteiger partial charge on any atom is 0.253 e. The van der Waals surface area contributed by atoms with E-state index >= 15 is 0 Å². The smallest absolute Gasteiger partial charge is 0.253 e. The number of nitrogens with zero attached hydrogens (tertiary/aromatic N) is 2. The van der Waals surface area contributed by atoms with E-state index in [1.165, 1.54) is 5.56 Å². The SMILES string of the molecule is COc1ccc(C(=O)N2CCC(C(=O)N3CCCc4ccccc43)CC2)cc1. The first-order chi connectivity index (χ1) is 13.7. The Balaban J connectivity index is 1.39. The topological polar surface area (TPSA) is 49.9 Å². The van der Waals surface area contributed by atoms with Crippen LogP contribution in [-0.4, -0.2) is 43.5 Å². The molecule has 0 spiro atoms. The minimum Gasteiger partial charge on any atom is -0.497 e. The highest BCUT2D eigenvalue weighted by Gasteiger charge is 2.32. The second kappa shape index (κ2) is 8.05. The van der Waals surface area contributed by atoms with Gasteiger partial charge >= 0.3 is 0 Å². The lowest BCUT2D eigenvalue weighted by Gasteiger charge is -2.36. The number of amides is 2. The first-order valence-electron chi connectivity index (χ1n) is 10.00. The maximum atomic E-state index is 13.1. The lowest BCUT2D eigenvalue weighted by molar-refractivity contribution is -0.123. The fraction of sp³-hybridized carbons (Fsp3) is 0.391. The first-order valence-corrected chi connectivity index (χ1v) is 10.00. The van der Waals surface area contributed by atoms with E-state index < -0.39 is 0 Å². The molecule has 0 aromatic heterocycles. The van der Waals surface area contributed by atoms with E-state index in [0.29, 0.717) is 18.7 Å². The number of benzene rings is 2. The number of carbonyl (C=O) groups is 2. The molecule has 0 radical (unpaired) electrons. The molecule has 0 saturated carbocycles. The Morgan fingerprint density at radius 2 is 1.68 bits per heavy atom. The second-order valence-electron chi connectivity index (χ2n) is 7.52. The van der Waals surface area contributed by atoms with Crippen molar-refractivity contribution in [2.75, 3.05) is 31.6 Å². The number of hydrogen-bond acceptors (Lipinski definition) is 3. The molecule has 0 bridgehead atoms. The summed E-state index contributed by atoms with van der Waals surface area (Å²) in [6.07, 6.45) is 3.49. The zero-order chi connectivity index (χ0) is 19.5. The van der Waals surface area contributed by atoms with Crippen molar-refractivity contribution in [1.29, 1.82) is 0 Å². The molecule has 2 aromatic carbocycles. The third-order valence-electron chi connectivity index (χ3n) is 5.84. The molecule has 2 aliphatic rings. The Morgan fingerprint density at radius 3 is 2.39 bits per heavy atom. The third kappa shape index (κ3) is 3.61. The van der Waals surface area contributed by atoms with E-state index in [9.17, 15) is 9.59 Å². The van der Waals surface area contributed by atoms with Crippen LogP contribution in [0.4, 0.5) is 5.69 Å². The number of rotatable bonds is 3. The molecule has 0 aliphatic carbocycles. The Labute approximate surface area is 165 Å². The summed E-state index contributed by atoms with van der Waals surface area (Å²) in [4.78, 5) is 29.7. The van der Waals surface area contributed by atoms with Crippen LogP contribution in [-0.2, 0) is 11.2 Å². The predicted octanol–water partition coefficient (Wildman–Crippen LogP) is 3.53. The van der Waals surface area contributed by atoms with Crippen LogP contribution in [0.3, 0.4) is 0 Å². The first kappa shape index (κ1) is 18.5. The number of anilines is 1. The number of para-hydroxylation sites is 1. The quantitative estimate of drug-likeness (QED) is 0.821. The van der Waals surface area contributed by atoms with E-state index in [4.69, 9.17) is 4.74 Å². The molecule has 5 nitrogen and oxygen atoms in total. The lowest BCUT2D eigenvalue weighted by atomic mass is 9.92. The van der Waals surface area contributed by atoms with Gasteiger partial charge in [-0.3, -0.25) is 9.59 Å². The molecule has 1 fully saturated rings. The van der Waals surface area contributed by atoms with E-state index in [1.54, 1.807) is 31.4 Å². The van der Waals surface area contributed by atoms with Crippen LogP contribution in [0.15, 0.2) is 48.5 Å². The summed E-state index contributed by atoms with van der Waals surface area (Å²) in [7, 11) is 1.61. The van der Waals surface area contributed by atoms with Crippen molar-refractivity contribution in [1.82, 2.24) is 4.90 Å². The van der Waals surface area contributed by atoms with Crippen molar-refractivity contribution in [2.45, 2.75) is 25.7 Å². The van der Waals surface area contributed by atoms with Gasteiger partial charge in [-0.25, -0.2) is 0 Å². The van der Waals surface area contributed by atoms with Gasteiger partial charge in [-0.15, -0.1) is 0 Å². The second-order valence-corrected chi connectivity index (χ2v) is 7.52. The van der Waals surface area contributed by atoms with E-state index in [0.717, 1.165) is 43.7 Å². The summed E-state index contributed by atoms with van der Waals surface area (Å²) in [5.74, 6) is 0.967. The molecule has 2 aliphatic heterocycles. The zero-order valence-corrected chi connectivity index (χ0v) is 16.3. The van der Waals surface area contributed by atoms with Crippen molar-refractivity contribution in [3.63, 3.8) is 0 Å². The summed E-state index contributed by atoms with van der Waals surface area (Å²) in [6.45, 7) is 2.04. The van der Waals surface area contributed by atoms with Gasteiger partial charge in [0.25, 0.3) is 5.91 Å². The Morgan fingerprint density at radius 1 is 0.964 bits per heavy atom. The summed E-state index contributed by atoms with van der Waals surface area (Å²) in [5.41, 5.74) is 2.99. The van der Waals surface area contributed by atoms with Gasteiger partial charge < -0.3 is 14.5 Å². The van der Waals surface area contributed by atoms with Crippen molar-refractivity contribution < 1.29 is 14.3 Å². The molecule has 0 atom stereocenters. The number of likely N-dealkylation sites (tertiary alicyclic amines) is 1. The molecule has 0 unspecified atom stereocenters. The lowest BCUT2D eigenvalue weighted by Crippen LogP contribution is -2.45. The monoisotopic (exact) mass is 378 g/mol. The largest absolute Gasteiger partial charge is 0.497 e. The van der Waals surface area contributed by atoms with E-state index in [2.05, 4.69) is 12.1 Å². The van der Waals surface area contributed by atoms with Gasteiger partial charge in [0.1, 0.15) is 5.75 Å². The molecule has 4 rings (SSSR count). The highest BCUT2D eigenvalue weighted by Crippen LogP contribution is 2.30. The standard InChI is InChI=1S/C23H26N2O3/c1-28-20-10-8-18(9-11-20)22(26)24-15-12-19(13-16-24)23(27)25-14-4-6-17-5-2-3-7-21(17)25/h2-3,5,7-11,19H,4,6,12-16H2,1H3. The van der Waals surface area contributed by atoms with Crippen LogP contribution in [0.1, 0.15) is 35.2 Å². The van der Waals surface area contributed by atoms with Gasteiger partial charge in [0, 0.05) is 36.8 Å². The normalized spacial score (nSPS) is 17.2. The maximum absolute atomic E-state index is 13.1. The van der Waals surface area contributed by atoms with Crippen molar-refractivity contribution in [3.8, 4) is 5.75 Å². The number of ether oxygens (including phenoxy) is 1. The number of methoxy groups -OCH3 is 1. The number of carbonyl (C=O) groups excluding carboxylic acids is 2. The molecule has 5 heteroatoms. The minimum absolute atomic E-state index is 0.00827. The number of piperidine rings is 1. The van der Waals surface area contributed by atoms with Gasteiger partial charge in [-0.2, -0.15) is 0 Å². The average Bonchev–Trinajstić information content (AvgIpc) is 2.78. The van der Waals surface area contributed by atoms with Gasteiger partial charge in [0.05, 0.1) is 7.11 Å². The molecule has 146 valence electrons. The molecule has 2 heterocycles. The fourth-order valence-electron chi connectivity index (χ4n) is 4.23. The van der Waals surface area contributed by atoms with Gasteiger partial charge in [0.2, 0.25) is 5.91 Å². The average molecular weight is 378 g/mol. The number of hydrogen-bond donors (Lipinski definition) is 0. The molecular weight excluding hydrogens is 352 g/mol. The predicted molar refractivity (Wildman–Crippen MR) is 109 cm³/mol. The summed E-state index contributed by atoms with van der Waals surface area (Å²) in [6, 6.07) is 15.4. The van der Waals surface area contributed by atoms with Crippen LogP contribution in [0.25, 0.3) is 0 Å². The molecular formula is C23H26N2O3. The van der Waals surface area contributed by atoms with Gasteiger partial charge in [-0.1, -0.05) is 18.2 Å². The van der Waals surface area contributed by atoms with Crippen molar-refractivity contribution in [3.05, 3.63) is 59.7 Å². The van der Waals surface area contributed by atoms with Crippen molar-refractivity contribution >= 4 is 17.5 Å². The molecule has 1 saturated heterocycles. The molecule has 0 N–H and O–H groups in total. The summed E-state index contributed by atoms with van der Waals surface area (Å²) < 4.78 is 5.15. The van der Waals surface area contributed by atoms with Crippen LogP contribution >= 0.6 is 0 Å². The van der Waals surface area contributed by atoms with Crippen LogP contribution in [0, 0.1) is 5.92 Å². The number of aryl methyl sites for hydroxylation is 1. The highest BCUT2D eigenvalue weighted by atomic mass is 16.5. The third-order valence-corrected chi connectivity index (χ3v) is 5.84.